The molecule has 0 spiro atoms. The number of nitrogens with one attached hydrogen (secondary N) is 2. The van der Waals surface area contributed by atoms with E-state index < -0.39 is 12.1 Å². The summed E-state index contributed by atoms with van der Waals surface area (Å²) in [6.45, 7) is 0.223. The van der Waals surface area contributed by atoms with Crippen molar-refractivity contribution in [2.75, 3.05) is 5.32 Å². The number of rotatable bonds is 4. The normalized spacial score (nSPS) is 10.9. The molecular weight excluding hydrogens is 309 g/mol. The van der Waals surface area contributed by atoms with E-state index in [1.807, 2.05) is 0 Å². The Bertz CT molecular complexity index is 683. The van der Waals surface area contributed by atoms with E-state index in [0.29, 0.717) is 11.1 Å². The fourth-order valence-electron chi connectivity index (χ4n) is 1.78. The highest BCUT2D eigenvalue weighted by Gasteiger charge is 2.38. The molecule has 2 aromatic carbocycles. The fourth-order valence-corrected chi connectivity index (χ4v) is 1.78. The van der Waals surface area contributed by atoms with Crippen molar-refractivity contribution in [1.29, 1.82) is 0 Å². The lowest BCUT2D eigenvalue weighted by atomic mass is 10.2. The first-order valence-corrected chi connectivity index (χ1v) is 6.66. The molecule has 23 heavy (non-hydrogen) atoms. The van der Waals surface area contributed by atoms with Crippen LogP contribution in [0.15, 0.2) is 54.6 Å². The van der Waals surface area contributed by atoms with Gasteiger partial charge < -0.3 is 10.6 Å². The average molecular weight is 322 g/mol. The van der Waals surface area contributed by atoms with Gasteiger partial charge in [-0.3, -0.25) is 9.59 Å². The summed E-state index contributed by atoms with van der Waals surface area (Å²) in [6.07, 6.45) is -4.93. The van der Waals surface area contributed by atoms with E-state index in [0.717, 1.165) is 0 Å². The maximum absolute atomic E-state index is 12.1. The third-order valence-electron chi connectivity index (χ3n) is 2.96. The highest BCUT2D eigenvalue weighted by Crippen LogP contribution is 2.18. The van der Waals surface area contributed by atoms with Crippen LogP contribution in [-0.4, -0.2) is 18.0 Å². The van der Waals surface area contributed by atoms with Gasteiger partial charge in [0.25, 0.3) is 5.91 Å². The minimum absolute atomic E-state index is 0.0328. The van der Waals surface area contributed by atoms with Gasteiger partial charge in [-0.2, -0.15) is 13.2 Å². The molecule has 0 bridgehead atoms. The van der Waals surface area contributed by atoms with Gasteiger partial charge in [0.1, 0.15) is 0 Å². The minimum atomic E-state index is -4.93. The van der Waals surface area contributed by atoms with Crippen LogP contribution in [0.3, 0.4) is 0 Å². The Morgan fingerprint density at radius 2 is 1.52 bits per heavy atom. The number of carbonyl (C=O) groups excluding carboxylic acids is 2. The first-order valence-electron chi connectivity index (χ1n) is 6.66. The molecule has 0 aromatic heterocycles. The summed E-state index contributed by atoms with van der Waals surface area (Å²) in [7, 11) is 0. The number of benzene rings is 2. The number of hydrogen-bond donors (Lipinski definition) is 2. The van der Waals surface area contributed by atoms with E-state index in [2.05, 4.69) is 5.32 Å². The van der Waals surface area contributed by atoms with Gasteiger partial charge in [0, 0.05) is 17.8 Å². The topological polar surface area (TPSA) is 58.2 Å². The van der Waals surface area contributed by atoms with Crippen molar-refractivity contribution in [3.63, 3.8) is 0 Å². The van der Waals surface area contributed by atoms with Gasteiger partial charge in [-0.1, -0.05) is 30.3 Å². The molecule has 0 aliphatic rings. The zero-order chi connectivity index (χ0) is 16.9. The van der Waals surface area contributed by atoms with Crippen molar-refractivity contribution in [2.45, 2.75) is 12.7 Å². The van der Waals surface area contributed by atoms with E-state index in [4.69, 9.17) is 0 Å². The van der Waals surface area contributed by atoms with E-state index in [1.54, 1.807) is 35.6 Å². The van der Waals surface area contributed by atoms with Crippen LogP contribution >= 0.6 is 0 Å². The summed E-state index contributed by atoms with van der Waals surface area (Å²) in [5, 5.41) is 4.44. The van der Waals surface area contributed by atoms with Crippen molar-refractivity contribution in [3.05, 3.63) is 65.7 Å². The molecule has 0 fully saturated rings. The number of alkyl halides is 3. The van der Waals surface area contributed by atoms with Crippen molar-refractivity contribution in [3.8, 4) is 0 Å². The van der Waals surface area contributed by atoms with Crippen molar-refractivity contribution in [1.82, 2.24) is 5.32 Å². The summed E-state index contributed by atoms with van der Waals surface area (Å²) < 4.78 is 36.4. The SMILES string of the molecule is O=C(NCc1ccc(NC(=O)C(F)(F)F)cc1)c1ccccc1. The van der Waals surface area contributed by atoms with Crippen LogP contribution in [0.25, 0.3) is 0 Å². The summed E-state index contributed by atoms with van der Waals surface area (Å²) in [6, 6.07) is 14.4. The Labute approximate surface area is 130 Å². The quantitative estimate of drug-likeness (QED) is 0.909. The number of amides is 2. The second-order valence-corrected chi connectivity index (χ2v) is 4.70. The van der Waals surface area contributed by atoms with Crippen LogP contribution in [0.4, 0.5) is 18.9 Å². The second kappa shape index (κ2) is 6.95. The van der Waals surface area contributed by atoms with E-state index >= 15 is 0 Å². The zero-order valence-corrected chi connectivity index (χ0v) is 11.9. The zero-order valence-electron chi connectivity index (χ0n) is 11.9. The molecule has 2 aromatic rings. The summed E-state index contributed by atoms with van der Waals surface area (Å²) >= 11 is 0. The Balaban J connectivity index is 1.90. The third kappa shape index (κ3) is 4.84. The molecule has 7 heteroatoms. The average Bonchev–Trinajstić information content (AvgIpc) is 2.54. The summed E-state index contributed by atoms with van der Waals surface area (Å²) in [4.78, 5) is 22.6. The second-order valence-electron chi connectivity index (χ2n) is 4.70. The number of hydrogen-bond acceptors (Lipinski definition) is 2. The van der Waals surface area contributed by atoms with Gasteiger partial charge in [0.05, 0.1) is 0 Å². The molecular formula is C16H13F3N2O2. The van der Waals surface area contributed by atoms with E-state index in [9.17, 15) is 22.8 Å². The van der Waals surface area contributed by atoms with Gasteiger partial charge in [0.15, 0.2) is 0 Å². The van der Waals surface area contributed by atoms with Gasteiger partial charge >= 0.3 is 12.1 Å². The van der Waals surface area contributed by atoms with Gasteiger partial charge in [-0.25, -0.2) is 0 Å². The first-order chi connectivity index (χ1) is 10.9. The van der Waals surface area contributed by atoms with Crippen molar-refractivity contribution >= 4 is 17.5 Å². The number of halogens is 3. The van der Waals surface area contributed by atoms with Gasteiger partial charge in [-0.05, 0) is 29.8 Å². The molecule has 2 rings (SSSR count). The largest absolute Gasteiger partial charge is 0.471 e. The van der Waals surface area contributed by atoms with Crippen LogP contribution in [0.1, 0.15) is 15.9 Å². The molecule has 0 radical (unpaired) electrons. The van der Waals surface area contributed by atoms with Gasteiger partial charge in [0.2, 0.25) is 0 Å². The molecule has 0 heterocycles. The Hall–Kier alpha value is -2.83. The Kier molecular flexibility index (Phi) is 5.00. The Morgan fingerprint density at radius 1 is 0.913 bits per heavy atom. The molecule has 120 valence electrons. The summed E-state index contributed by atoms with van der Waals surface area (Å²) in [5.74, 6) is -2.28. The molecule has 2 N–H and O–H groups in total. The number of anilines is 1. The predicted octanol–water partition coefficient (Wildman–Crippen LogP) is 3.12. The predicted molar refractivity (Wildman–Crippen MR) is 78.7 cm³/mol. The third-order valence-corrected chi connectivity index (χ3v) is 2.96. The van der Waals surface area contributed by atoms with Crippen molar-refractivity contribution in [2.24, 2.45) is 0 Å². The van der Waals surface area contributed by atoms with Crippen LogP contribution in [0.2, 0.25) is 0 Å². The maximum Gasteiger partial charge on any atom is 0.471 e. The lowest BCUT2D eigenvalue weighted by Crippen LogP contribution is -2.29. The standard InChI is InChI=1S/C16H13F3N2O2/c17-16(18,19)15(23)21-13-8-6-11(7-9-13)10-20-14(22)12-4-2-1-3-5-12/h1-9H,10H2,(H,20,22)(H,21,23). The molecule has 0 atom stereocenters. The Morgan fingerprint density at radius 3 is 2.09 bits per heavy atom. The molecule has 0 saturated carbocycles. The fraction of sp³-hybridized carbons (Fsp3) is 0.125. The van der Waals surface area contributed by atoms with E-state index in [1.165, 1.54) is 24.3 Å². The van der Waals surface area contributed by atoms with Crippen LogP contribution in [-0.2, 0) is 11.3 Å². The molecule has 0 aliphatic heterocycles. The maximum atomic E-state index is 12.1. The molecule has 4 nitrogen and oxygen atoms in total. The minimum Gasteiger partial charge on any atom is -0.348 e. The van der Waals surface area contributed by atoms with Gasteiger partial charge in [-0.15, -0.1) is 0 Å². The molecule has 0 saturated heterocycles. The lowest BCUT2D eigenvalue weighted by Gasteiger charge is -2.09. The lowest BCUT2D eigenvalue weighted by molar-refractivity contribution is -0.167. The highest BCUT2D eigenvalue weighted by atomic mass is 19.4. The molecule has 0 aliphatic carbocycles. The first kappa shape index (κ1) is 16.5. The smallest absolute Gasteiger partial charge is 0.348 e. The molecule has 0 unspecified atom stereocenters. The van der Waals surface area contributed by atoms with Crippen LogP contribution in [0, 0.1) is 0 Å². The molecule has 2 amide bonds. The van der Waals surface area contributed by atoms with Crippen LogP contribution in [0.5, 0.6) is 0 Å². The summed E-state index contributed by atoms with van der Waals surface area (Å²) in [5.41, 5.74) is 1.24. The van der Waals surface area contributed by atoms with Crippen molar-refractivity contribution < 1.29 is 22.8 Å². The monoisotopic (exact) mass is 322 g/mol. The highest BCUT2D eigenvalue weighted by molar-refractivity contribution is 5.95. The number of carbonyl (C=O) groups is 2. The van der Waals surface area contributed by atoms with Crippen LogP contribution < -0.4 is 10.6 Å². The van der Waals surface area contributed by atoms with E-state index in [-0.39, 0.29) is 18.1 Å².